The molecule has 2 heterocycles. The van der Waals surface area contributed by atoms with Gasteiger partial charge in [0, 0.05) is 50.9 Å². The van der Waals surface area contributed by atoms with Crippen molar-refractivity contribution in [3.05, 3.63) is 18.2 Å². The second-order valence-electron chi connectivity index (χ2n) is 7.23. The molecular weight excluding hydrogens is 318 g/mol. The van der Waals surface area contributed by atoms with Crippen LogP contribution in [0.15, 0.2) is 18.2 Å². The molecule has 1 saturated heterocycles. The Balaban J connectivity index is 1.47. The molecule has 1 fully saturated rings. The molecule has 6 heteroatoms. The monoisotopic (exact) mass is 347 g/mol. The summed E-state index contributed by atoms with van der Waals surface area (Å²) in [4.78, 5) is 17.0. The van der Waals surface area contributed by atoms with E-state index in [0.29, 0.717) is 31.4 Å². The van der Waals surface area contributed by atoms with Crippen LogP contribution in [-0.4, -0.2) is 68.2 Å². The zero-order valence-electron chi connectivity index (χ0n) is 15.3. The number of amides is 1. The van der Waals surface area contributed by atoms with Crippen molar-refractivity contribution in [2.75, 3.05) is 57.8 Å². The summed E-state index contributed by atoms with van der Waals surface area (Å²) in [5, 5.41) is 2.97. The van der Waals surface area contributed by atoms with Crippen LogP contribution in [-0.2, 0) is 4.79 Å². The van der Waals surface area contributed by atoms with E-state index in [0.717, 1.165) is 50.6 Å². The fraction of sp³-hybridized carbons (Fsp3) is 0.632. The van der Waals surface area contributed by atoms with Gasteiger partial charge in [-0.05, 0) is 18.1 Å². The molecule has 0 aliphatic carbocycles. The van der Waals surface area contributed by atoms with E-state index < -0.39 is 0 Å². The lowest BCUT2D eigenvalue weighted by molar-refractivity contribution is -0.117. The van der Waals surface area contributed by atoms with Crippen LogP contribution in [0, 0.1) is 5.92 Å². The number of nitrogens with one attached hydrogen (secondary N) is 1. The van der Waals surface area contributed by atoms with Gasteiger partial charge in [-0.3, -0.25) is 9.69 Å². The quantitative estimate of drug-likeness (QED) is 0.884. The number of rotatable bonds is 5. The molecule has 0 aromatic heterocycles. The molecule has 3 rings (SSSR count). The zero-order valence-corrected chi connectivity index (χ0v) is 15.3. The van der Waals surface area contributed by atoms with Crippen LogP contribution in [0.5, 0.6) is 11.5 Å². The predicted octanol–water partition coefficient (Wildman–Crippen LogP) is 2.06. The van der Waals surface area contributed by atoms with E-state index in [1.54, 1.807) is 0 Å². The maximum Gasteiger partial charge on any atom is 0.238 e. The Hall–Kier alpha value is -1.79. The topological polar surface area (TPSA) is 54.0 Å². The van der Waals surface area contributed by atoms with Crippen LogP contribution in [0.1, 0.15) is 20.3 Å². The number of carbonyl (C=O) groups is 1. The largest absolute Gasteiger partial charge is 0.490 e. The maximum absolute atomic E-state index is 12.3. The number of hydrogen-bond acceptors (Lipinski definition) is 5. The van der Waals surface area contributed by atoms with Gasteiger partial charge in [-0.2, -0.15) is 0 Å². The first-order chi connectivity index (χ1) is 12.1. The average molecular weight is 347 g/mol. The van der Waals surface area contributed by atoms with Crippen molar-refractivity contribution in [1.29, 1.82) is 0 Å². The van der Waals surface area contributed by atoms with Crippen LogP contribution in [0.3, 0.4) is 0 Å². The van der Waals surface area contributed by atoms with Crippen LogP contribution in [0.25, 0.3) is 0 Å². The highest BCUT2D eigenvalue weighted by Gasteiger charge is 2.19. The van der Waals surface area contributed by atoms with Crippen LogP contribution in [0.4, 0.5) is 5.69 Å². The summed E-state index contributed by atoms with van der Waals surface area (Å²) >= 11 is 0. The van der Waals surface area contributed by atoms with Gasteiger partial charge in [0.1, 0.15) is 0 Å². The number of ether oxygens (including phenoxy) is 2. The number of hydrogen-bond donors (Lipinski definition) is 1. The summed E-state index contributed by atoms with van der Waals surface area (Å²) in [5.41, 5.74) is 0.757. The minimum Gasteiger partial charge on any atom is -0.490 e. The van der Waals surface area contributed by atoms with E-state index in [1.807, 2.05) is 18.2 Å². The molecule has 0 unspecified atom stereocenters. The van der Waals surface area contributed by atoms with Crippen LogP contribution < -0.4 is 14.8 Å². The Morgan fingerprint density at radius 2 is 1.76 bits per heavy atom. The Morgan fingerprint density at radius 1 is 1.08 bits per heavy atom. The third-order valence-electron chi connectivity index (χ3n) is 4.49. The highest BCUT2D eigenvalue weighted by Crippen LogP contribution is 2.32. The highest BCUT2D eigenvalue weighted by molar-refractivity contribution is 5.92. The molecule has 2 aliphatic rings. The molecule has 0 saturated carbocycles. The molecule has 0 radical (unpaired) electrons. The third-order valence-corrected chi connectivity index (χ3v) is 4.49. The number of benzene rings is 1. The van der Waals surface area contributed by atoms with E-state index in [-0.39, 0.29) is 5.91 Å². The molecular formula is C19H29N3O3. The number of carbonyl (C=O) groups excluding carboxylic acids is 1. The predicted molar refractivity (Wildman–Crippen MR) is 98.4 cm³/mol. The first kappa shape index (κ1) is 18.0. The number of anilines is 1. The third kappa shape index (κ3) is 5.34. The van der Waals surface area contributed by atoms with Crippen molar-refractivity contribution in [2.45, 2.75) is 20.3 Å². The lowest BCUT2D eigenvalue weighted by Gasteiger charge is -2.35. The maximum atomic E-state index is 12.3. The van der Waals surface area contributed by atoms with Gasteiger partial charge < -0.3 is 19.7 Å². The summed E-state index contributed by atoms with van der Waals surface area (Å²) in [6, 6.07) is 5.58. The van der Waals surface area contributed by atoms with Gasteiger partial charge in [-0.15, -0.1) is 0 Å². The summed E-state index contributed by atoms with van der Waals surface area (Å²) in [6.45, 7) is 11.3. The Bertz CT molecular complexity index is 583. The van der Waals surface area contributed by atoms with Crippen molar-refractivity contribution in [3.63, 3.8) is 0 Å². The molecule has 1 aromatic rings. The lowest BCUT2D eigenvalue weighted by Crippen LogP contribution is -2.49. The van der Waals surface area contributed by atoms with Crippen molar-refractivity contribution in [3.8, 4) is 11.5 Å². The fourth-order valence-electron chi connectivity index (χ4n) is 3.29. The molecule has 1 amide bonds. The second-order valence-corrected chi connectivity index (χ2v) is 7.23. The molecule has 1 aromatic carbocycles. The molecule has 6 nitrogen and oxygen atoms in total. The minimum absolute atomic E-state index is 0.0202. The van der Waals surface area contributed by atoms with Gasteiger partial charge in [0.05, 0.1) is 19.8 Å². The average Bonchev–Trinajstić information content (AvgIpc) is 2.81. The molecule has 0 atom stereocenters. The number of nitrogens with zero attached hydrogens (tertiary/aromatic N) is 2. The fourth-order valence-corrected chi connectivity index (χ4v) is 3.29. The summed E-state index contributed by atoms with van der Waals surface area (Å²) in [5.74, 6) is 2.16. The summed E-state index contributed by atoms with van der Waals surface area (Å²) < 4.78 is 11.3. The normalized spacial score (nSPS) is 18.8. The number of fused-ring (bicyclic) bond motifs is 1. The Labute approximate surface area is 150 Å². The van der Waals surface area contributed by atoms with E-state index in [1.165, 1.54) is 0 Å². The van der Waals surface area contributed by atoms with Crippen molar-refractivity contribution >= 4 is 11.6 Å². The van der Waals surface area contributed by atoms with E-state index in [9.17, 15) is 4.79 Å². The van der Waals surface area contributed by atoms with Crippen LogP contribution in [0.2, 0.25) is 0 Å². The smallest absolute Gasteiger partial charge is 0.238 e. The molecule has 2 aliphatic heterocycles. The minimum atomic E-state index is 0.0202. The van der Waals surface area contributed by atoms with Crippen molar-refractivity contribution in [1.82, 2.24) is 9.80 Å². The molecule has 0 bridgehead atoms. The van der Waals surface area contributed by atoms with Gasteiger partial charge in [-0.25, -0.2) is 0 Å². The second kappa shape index (κ2) is 8.54. The first-order valence-electron chi connectivity index (χ1n) is 9.24. The molecule has 1 N–H and O–H groups in total. The van der Waals surface area contributed by atoms with E-state index in [2.05, 4.69) is 29.0 Å². The van der Waals surface area contributed by atoms with Gasteiger partial charge in [-0.1, -0.05) is 13.8 Å². The van der Waals surface area contributed by atoms with Crippen LogP contribution >= 0.6 is 0 Å². The van der Waals surface area contributed by atoms with E-state index >= 15 is 0 Å². The van der Waals surface area contributed by atoms with Crippen molar-refractivity contribution < 1.29 is 14.3 Å². The van der Waals surface area contributed by atoms with Crippen molar-refractivity contribution in [2.24, 2.45) is 5.92 Å². The Kier molecular flexibility index (Phi) is 6.15. The van der Waals surface area contributed by atoms with Gasteiger partial charge in [0.15, 0.2) is 11.5 Å². The SMILES string of the molecule is CC(C)CN1CCN(CC(=O)Nc2ccc3c(c2)OCCCO3)CC1. The van der Waals surface area contributed by atoms with Gasteiger partial charge in [0.2, 0.25) is 5.91 Å². The molecule has 0 spiro atoms. The highest BCUT2D eigenvalue weighted by atomic mass is 16.5. The standard InChI is InChI=1S/C19H29N3O3/c1-15(2)13-21-6-8-22(9-7-21)14-19(23)20-16-4-5-17-18(12-16)25-11-3-10-24-17/h4-5,12,15H,3,6-11,13-14H2,1-2H3,(H,20,23). The van der Waals surface area contributed by atoms with E-state index in [4.69, 9.17) is 9.47 Å². The summed E-state index contributed by atoms with van der Waals surface area (Å²) in [7, 11) is 0. The number of piperazine rings is 1. The molecule has 25 heavy (non-hydrogen) atoms. The zero-order chi connectivity index (χ0) is 17.6. The first-order valence-corrected chi connectivity index (χ1v) is 9.24. The Morgan fingerprint density at radius 3 is 2.48 bits per heavy atom. The lowest BCUT2D eigenvalue weighted by atomic mass is 10.2. The van der Waals surface area contributed by atoms with Gasteiger partial charge in [0.25, 0.3) is 0 Å². The summed E-state index contributed by atoms with van der Waals surface area (Å²) in [6.07, 6.45) is 0.874. The molecule has 138 valence electrons. The van der Waals surface area contributed by atoms with Gasteiger partial charge >= 0.3 is 0 Å².